The van der Waals surface area contributed by atoms with Crippen LogP contribution in [0.5, 0.6) is 0 Å². The summed E-state index contributed by atoms with van der Waals surface area (Å²) in [4.78, 5) is 14.2. The Morgan fingerprint density at radius 2 is 1.74 bits per heavy atom. The lowest BCUT2D eigenvalue weighted by Gasteiger charge is -2.14. The average molecular weight is 420 g/mol. The highest BCUT2D eigenvalue weighted by Crippen LogP contribution is 2.37. The van der Waals surface area contributed by atoms with E-state index in [1.54, 1.807) is 0 Å². The summed E-state index contributed by atoms with van der Waals surface area (Å²) < 4.78 is 5.65. The summed E-state index contributed by atoms with van der Waals surface area (Å²) in [5.74, 6) is -0.436. The Labute approximate surface area is 171 Å². The first-order chi connectivity index (χ1) is 12.9. The second kappa shape index (κ2) is 8.12. The van der Waals surface area contributed by atoms with Gasteiger partial charge in [-0.1, -0.05) is 11.6 Å². The predicted molar refractivity (Wildman–Crippen MR) is 119 cm³/mol. The maximum atomic E-state index is 11.8. The Morgan fingerprint density at radius 1 is 1.11 bits per heavy atom. The molecule has 0 spiro atoms. The van der Waals surface area contributed by atoms with E-state index >= 15 is 0 Å². The van der Waals surface area contributed by atoms with Crippen LogP contribution in [0.2, 0.25) is 5.02 Å². The number of methoxy groups -OCH3 is 1. The Kier molecular flexibility index (Phi) is 5.84. The van der Waals surface area contributed by atoms with Gasteiger partial charge in [-0.15, -0.1) is 11.3 Å². The Hall–Kier alpha value is -2.35. The minimum atomic E-state index is -0.436. The van der Waals surface area contributed by atoms with Crippen molar-refractivity contribution < 1.29 is 9.53 Å². The van der Waals surface area contributed by atoms with Crippen molar-refractivity contribution >= 4 is 73.4 Å². The van der Waals surface area contributed by atoms with Crippen molar-refractivity contribution in [3.63, 3.8) is 0 Å². The molecule has 0 aliphatic rings. The van der Waals surface area contributed by atoms with Gasteiger partial charge in [0.25, 0.3) is 0 Å². The number of thiocarbonyl (C=S) groups is 1. The maximum Gasteiger partial charge on any atom is 0.349 e. The minimum Gasteiger partial charge on any atom is -0.465 e. The van der Waals surface area contributed by atoms with Gasteiger partial charge in [0.1, 0.15) is 4.88 Å². The molecule has 1 aromatic heterocycles. The zero-order valence-electron chi connectivity index (χ0n) is 15.0. The van der Waals surface area contributed by atoms with Crippen molar-refractivity contribution in [1.82, 2.24) is 0 Å². The van der Waals surface area contributed by atoms with E-state index in [0.717, 1.165) is 27.1 Å². The number of carbonyl (C=O) groups excluding carboxylic acids is 1. The van der Waals surface area contributed by atoms with Crippen LogP contribution < -0.4 is 15.5 Å². The first-order valence-electron chi connectivity index (χ1n) is 8.05. The normalized spacial score (nSPS) is 10.5. The number of benzene rings is 2. The van der Waals surface area contributed by atoms with Crippen LogP contribution in [0.15, 0.2) is 42.5 Å². The van der Waals surface area contributed by atoms with Gasteiger partial charge in [-0.05, 0) is 54.7 Å². The van der Waals surface area contributed by atoms with Crippen LogP contribution in [-0.4, -0.2) is 32.3 Å². The van der Waals surface area contributed by atoms with Gasteiger partial charge < -0.3 is 20.3 Å². The van der Waals surface area contributed by atoms with E-state index in [4.69, 9.17) is 28.6 Å². The fourth-order valence-corrected chi connectivity index (χ4v) is 4.20. The van der Waals surface area contributed by atoms with E-state index in [1.165, 1.54) is 18.4 Å². The quantitative estimate of drug-likeness (QED) is 0.447. The lowest BCUT2D eigenvalue weighted by atomic mass is 10.2. The van der Waals surface area contributed by atoms with Crippen LogP contribution in [0.4, 0.5) is 17.1 Å². The van der Waals surface area contributed by atoms with Gasteiger partial charge in [-0.2, -0.15) is 0 Å². The van der Waals surface area contributed by atoms with Crippen LogP contribution in [0.25, 0.3) is 10.1 Å². The summed E-state index contributed by atoms with van der Waals surface area (Å²) in [5.41, 5.74) is 2.81. The van der Waals surface area contributed by atoms with E-state index < -0.39 is 5.97 Å². The Bertz CT molecular complexity index is 1000. The van der Waals surface area contributed by atoms with Gasteiger partial charge in [-0.3, -0.25) is 0 Å². The van der Waals surface area contributed by atoms with Crippen molar-refractivity contribution in [3.8, 4) is 0 Å². The summed E-state index contributed by atoms with van der Waals surface area (Å²) in [6.45, 7) is 0. The molecule has 2 aromatic carbocycles. The zero-order valence-corrected chi connectivity index (χ0v) is 17.4. The number of ether oxygens (including phenoxy) is 1. The van der Waals surface area contributed by atoms with Crippen molar-refractivity contribution in [2.75, 3.05) is 36.7 Å². The summed E-state index contributed by atoms with van der Waals surface area (Å²) in [6, 6.07) is 13.6. The molecule has 0 saturated heterocycles. The smallest absolute Gasteiger partial charge is 0.349 e. The molecule has 140 valence electrons. The second-order valence-electron chi connectivity index (χ2n) is 5.97. The van der Waals surface area contributed by atoms with Gasteiger partial charge in [0, 0.05) is 41.2 Å². The van der Waals surface area contributed by atoms with E-state index in [0.29, 0.717) is 15.0 Å². The molecular weight excluding hydrogens is 402 g/mol. The second-order valence-corrected chi connectivity index (χ2v) is 7.81. The highest BCUT2D eigenvalue weighted by Gasteiger charge is 2.17. The molecule has 0 amide bonds. The Balaban J connectivity index is 1.74. The van der Waals surface area contributed by atoms with E-state index in [9.17, 15) is 4.79 Å². The van der Waals surface area contributed by atoms with Crippen LogP contribution in [0, 0.1) is 0 Å². The Morgan fingerprint density at radius 3 is 2.37 bits per heavy atom. The van der Waals surface area contributed by atoms with Crippen LogP contribution in [-0.2, 0) is 4.74 Å². The standard InChI is InChI=1S/C19H18ClN3O2S2/c1-23(2)13-7-4-11(5-8-13)21-19(26)22-12-6-9-14-15(10-12)27-17(16(14)20)18(24)25-3/h4-10H,1-3H3,(H2,21,22,26). The van der Waals surface area contributed by atoms with Gasteiger partial charge in [0.15, 0.2) is 5.11 Å². The molecule has 0 unspecified atom stereocenters. The molecule has 0 radical (unpaired) electrons. The zero-order chi connectivity index (χ0) is 19.6. The van der Waals surface area contributed by atoms with Crippen molar-refractivity contribution in [2.24, 2.45) is 0 Å². The molecule has 0 fully saturated rings. The number of halogens is 1. The summed E-state index contributed by atoms with van der Waals surface area (Å²) in [5, 5.41) is 8.00. The number of carbonyl (C=O) groups is 1. The first kappa shape index (κ1) is 19.4. The molecule has 8 heteroatoms. The largest absolute Gasteiger partial charge is 0.465 e. The molecule has 27 heavy (non-hydrogen) atoms. The summed E-state index contributed by atoms with van der Waals surface area (Å²) >= 11 is 13.0. The van der Waals surface area contributed by atoms with Gasteiger partial charge in [0.2, 0.25) is 0 Å². The predicted octanol–water partition coefficient (Wildman–Crippen LogP) is 5.22. The minimum absolute atomic E-state index is 0.396. The third-order valence-electron chi connectivity index (χ3n) is 3.90. The van der Waals surface area contributed by atoms with E-state index in [1.807, 2.05) is 61.5 Å². The molecule has 0 saturated carbocycles. The fraction of sp³-hybridized carbons (Fsp3) is 0.158. The summed E-state index contributed by atoms with van der Waals surface area (Å²) in [6.07, 6.45) is 0. The highest BCUT2D eigenvalue weighted by atomic mass is 35.5. The lowest BCUT2D eigenvalue weighted by Crippen LogP contribution is -2.19. The maximum absolute atomic E-state index is 11.8. The van der Waals surface area contributed by atoms with Crippen molar-refractivity contribution in [3.05, 3.63) is 52.4 Å². The number of hydrogen-bond donors (Lipinski definition) is 2. The monoisotopic (exact) mass is 419 g/mol. The van der Waals surface area contributed by atoms with E-state index in [-0.39, 0.29) is 0 Å². The summed E-state index contributed by atoms with van der Waals surface area (Å²) in [7, 11) is 5.33. The molecule has 0 bridgehead atoms. The number of anilines is 3. The number of rotatable bonds is 4. The SMILES string of the molecule is COC(=O)c1sc2cc(NC(=S)Nc3ccc(N(C)C)cc3)ccc2c1Cl. The molecular formula is C19H18ClN3O2S2. The molecule has 1 heterocycles. The molecule has 3 rings (SSSR count). The number of hydrogen-bond acceptors (Lipinski definition) is 5. The number of esters is 1. The van der Waals surface area contributed by atoms with Crippen LogP contribution >= 0.6 is 35.2 Å². The van der Waals surface area contributed by atoms with Crippen LogP contribution in [0.1, 0.15) is 9.67 Å². The number of nitrogens with one attached hydrogen (secondary N) is 2. The van der Waals surface area contributed by atoms with Crippen LogP contribution in [0.3, 0.4) is 0 Å². The van der Waals surface area contributed by atoms with Gasteiger partial charge in [-0.25, -0.2) is 4.79 Å². The number of nitrogens with zero attached hydrogens (tertiary/aromatic N) is 1. The molecule has 0 aliphatic carbocycles. The topological polar surface area (TPSA) is 53.6 Å². The molecule has 5 nitrogen and oxygen atoms in total. The third-order valence-corrected chi connectivity index (χ3v) is 5.74. The molecule has 3 aromatic rings. The molecule has 0 atom stereocenters. The van der Waals surface area contributed by atoms with Crippen molar-refractivity contribution in [2.45, 2.75) is 0 Å². The first-order valence-corrected chi connectivity index (χ1v) is 9.65. The number of thiophene rings is 1. The average Bonchev–Trinajstić information content (AvgIpc) is 2.97. The highest BCUT2D eigenvalue weighted by molar-refractivity contribution is 7.80. The van der Waals surface area contributed by atoms with E-state index in [2.05, 4.69) is 10.6 Å². The van der Waals surface area contributed by atoms with Gasteiger partial charge >= 0.3 is 5.97 Å². The molecule has 0 aliphatic heterocycles. The lowest BCUT2D eigenvalue weighted by molar-refractivity contribution is 0.0606. The fourth-order valence-electron chi connectivity index (χ4n) is 2.50. The molecule has 2 N–H and O–H groups in total. The van der Waals surface area contributed by atoms with Gasteiger partial charge in [0.05, 0.1) is 12.1 Å². The number of fused-ring (bicyclic) bond motifs is 1. The third kappa shape index (κ3) is 4.32. The van der Waals surface area contributed by atoms with Crippen molar-refractivity contribution in [1.29, 1.82) is 0 Å².